The molecule has 3 N–H and O–H groups in total. The van der Waals surface area contributed by atoms with Crippen LogP contribution >= 0.6 is 0 Å². The summed E-state index contributed by atoms with van der Waals surface area (Å²) in [6.07, 6.45) is 0.691. The van der Waals surface area contributed by atoms with Crippen molar-refractivity contribution in [3.63, 3.8) is 0 Å². The number of aryl methyl sites for hydroxylation is 1. The van der Waals surface area contributed by atoms with E-state index in [-0.39, 0.29) is 17.4 Å². The van der Waals surface area contributed by atoms with E-state index in [2.05, 4.69) is 20.0 Å². The number of carbonyl (C=O) groups excluding carboxylic acids is 3. The van der Waals surface area contributed by atoms with Crippen LogP contribution in [-0.4, -0.2) is 50.4 Å². The predicted molar refractivity (Wildman–Crippen MR) is 144 cm³/mol. The first-order valence-corrected chi connectivity index (χ1v) is 12.3. The SMILES string of the molecule is CC(N)=NO.CC1(C)CC(=O)c2cc(OC=O)ccc2O1.Cc1noc(-c2ccc3c(c2)C(=O)CC(C)(C)O3)n1. The van der Waals surface area contributed by atoms with Crippen molar-refractivity contribution in [2.24, 2.45) is 10.9 Å². The lowest BCUT2D eigenvalue weighted by Gasteiger charge is -2.31. The summed E-state index contributed by atoms with van der Waals surface area (Å²) in [5.41, 5.74) is 5.64. The Kier molecular flexibility index (Phi) is 8.92. The lowest BCUT2D eigenvalue weighted by molar-refractivity contribution is -0.120. The zero-order valence-electron chi connectivity index (χ0n) is 23.2. The number of ketones is 2. The number of nitrogens with zero attached hydrogens (tertiary/aromatic N) is 3. The molecule has 0 spiro atoms. The molecule has 2 aliphatic heterocycles. The molecule has 12 heteroatoms. The number of ether oxygens (including phenoxy) is 3. The molecule has 0 fully saturated rings. The van der Waals surface area contributed by atoms with Gasteiger partial charge in [0.25, 0.3) is 12.4 Å². The van der Waals surface area contributed by atoms with Crippen molar-refractivity contribution >= 4 is 23.9 Å². The number of Topliss-reactive ketones (excluding diaryl/α,β-unsaturated/α-hetero) is 2. The Hall–Kier alpha value is -4.74. The zero-order chi connectivity index (χ0) is 29.7. The molecule has 2 aromatic carbocycles. The summed E-state index contributed by atoms with van der Waals surface area (Å²) in [4.78, 5) is 38.3. The molecule has 0 saturated heterocycles. The molecular formula is C28H32N4O8. The van der Waals surface area contributed by atoms with Crippen molar-refractivity contribution < 1.29 is 38.3 Å². The van der Waals surface area contributed by atoms with Crippen molar-refractivity contribution in [3.8, 4) is 28.7 Å². The Bertz CT molecular complexity index is 1440. The van der Waals surface area contributed by atoms with Gasteiger partial charge in [-0.1, -0.05) is 10.3 Å². The topological polar surface area (TPSA) is 176 Å². The highest BCUT2D eigenvalue weighted by molar-refractivity contribution is 6.01. The average Bonchev–Trinajstić information content (AvgIpc) is 3.30. The molecule has 3 aromatic rings. The van der Waals surface area contributed by atoms with E-state index >= 15 is 0 Å². The van der Waals surface area contributed by atoms with Crippen LogP contribution in [0.4, 0.5) is 0 Å². The van der Waals surface area contributed by atoms with Gasteiger partial charge >= 0.3 is 0 Å². The highest BCUT2D eigenvalue weighted by Gasteiger charge is 2.33. The van der Waals surface area contributed by atoms with Gasteiger partial charge in [0.15, 0.2) is 17.4 Å². The van der Waals surface area contributed by atoms with E-state index in [1.807, 2.05) is 33.8 Å². The van der Waals surface area contributed by atoms with Crippen molar-refractivity contribution in [3.05, 3.63) is 53.3 Å². The Morgan fingerprint density at radius 2 is 1.52 bits per heavy atom. The van der Waals surface area contributed by atoms with Gasteiger partial charge in [0.05, 0.1) is 24.0 Å². The van der Waals surface area contributed by atoms with Crippen LogP contribution in [-0.2, 0) is 4.79 Å². The smallest absolute Gasteiger partial charge is 0.298 e. The summed E-state index contributed by atoms with van der Waals surface area (Å²) in [6, 6.07) is 10.1. The minimum atomic E-state index is -0.475. The van der Waals surface area contributed by atoms with Gasteiger partial charge in [0.1, 0.15) is 34.3 Å². The lowest BCUT2D eigenvalue weighted by atomic mass is 9.92. The average molecular weight is 553 g/mol. The van der Waals surface area contributed by atoms with Crippen LogP contribution in [0.3, 0.4) is 0 Å². The van der Waals surface area contributed by atoms with Crippen LogP contribution in [0.15, 0.2) is 46.1 Å². The standard InChI is InChI=1S/C14H14N2O3.C12H12O4.C2H6N2O/c1-8-15-13(19-16-8)9-4-5-12-10(6-9)11(17)7-14(2,3)18-12;1-12(2)6-10(14)9-5-8(15-7-13)3-4-11(9)16-12;1-2(3)4-5/h4-6H,7H2,1-3H3;3-5,7H,6H2,1-2H3;5H,1H3,(H2,3,4). The number of oxime groups is 1. The number of benzene rings is 2. The molecule has 0 saturated carbocycles. The maximum absolute atomic E-state index is 12.1. The van der Waals surface area contributed by atoms with Crippen molar-refractivity contribution in [1.29, 1.82) is 0 Å². The van der Waals surface area contributed by atoms with Crippen molar-refractivity contribution in [2.75, 3.05) is 0 Å². The Morgan fingerprint density at radius 1 is 1.00 bits per heavy atom. The Balaban J connectivity index is 0.000000191. The first-order valence-electron chi connectivity index (χ1n) is 12.3. The van der Waals surface area contributed by atoms with E-state index in [9.17, 15) is 14.4 Å². The monoisotopic (exact) mass is 552 g/mol. The van der Waals surface area contributed by atoms with Gasteiger partial charge in [0, 0.05) is 5.56 Å². The van der Waals surface area contributed by atoms with Crippen molar-refractivity contribution in [2.45, 2.75) is 65.6 Å². The highest BCUT2D eigenvalue weighted by atomic mass is 16.5. The van der Waals surface area contributed by atoms with E-state index in [1.165, 1.54) is 13.0 Å². The number of nitrogens with two attached hydrogens (primary N) is 1. The quantitative estimate of drug-likeness (QED) is 0.154. The first kappa shape index (κ1) is 29.8. The van der Waals surface area contributed by atoms with E-state index in [1.54, 1.807) is 31.2 Å². The molecule has 0 radical (unpaired) electrons. The maximum atomic E-state index is 12.1. The molecule has 5 rings (SSSR count). The fraction of sp³-hybridized carbons (Fsp3) is 0.357. The van der Waals surface area contributed by atoms with Crippen LogP contribution < -0.4 is 19.9 Å². The number of aromatic nitrogens is 2. The van der Waals surface area contributed by atoms with Crippen LogP contribution in [0.1, 0.15) is 74.0 Å². The van der Waals surface area contributed by atoms with Gasteiger partial charge < -0.3 is 29.7 Å². The number of hydrogen-bond donors (Lipinski definition) is 2. The van der Waals surface area contributed by atoms with Gasteiger partial charge in [-0.05, 0) is 77.9 Å². The largest absolute Gasteiger partial charge is 0.487 e. The van der Waals surface area contributed by atoms with Gasteiger partial charge in [-0.15, -0.1) is 0 Å². The first-order chi connectivity index (χ1) is 18.7. The van der Waals surface area contributed by atoms with E-state index < -0.39 is 11.2 Å². The van der Waals surface area contributed by atoms with Crippen LogP contribution in [0, 0.1) is 6.92 Å². The lowest BCUT2D eigenvalue weighted by Crippen LogP contribution is -2.35. The van der Waals surface area contributed by atoms with Crippen LogP contribution in [0.5, 0.6) is 17.2 Å². The fourth-order valence-corrected chi connectivity index (χ4v) is 3.96. The molecular weight excluding hydrogens is 520 g/mol. The number of carbonyl (C=O) groups is 3. The molecule has 40 heavy (non-hydrogen) atoms. The summed E-state index contributed by atoms with van der Waals surface area (Å²) in [5.74, 6) is 2.75. The number of amidine groups is 1. The summed E-state index contributed by atoms with van der Waals surface area (Å²) in [7, 11) is 0. The summed E-state index contributed by atoms with van der Waals surface area (Å²) in [5, 5.41) is 13.9. The minimum Gasteiger partial charge on any atom is -0.487 e. The highest BCUT2D eigenvalue weighted by Crippen LogP contribution is 2.36. The van der Waals surface area contributed by atoms with Crippen LogP contribution in [0.2, 0.25) is 0 Å². The zero-order valence-corrected chi connectivity index (χ0v) is 23.2. The molecule has 2 aliphatic rings. The van der Waals surface area contributed by atoms with E-state index in [0.29, 0.717) is 59.4 Å². The van der Waals surface area contributed by atoms with Crippen molar-refractivity contribution in [1.82, 2.24) is 10.1 Å². The second kappa shape index (κ2) is 12.0. The summed E-state index contributed by atoms with van der Waals surface area (Å²) >= 11 is 0. The van der Waals surface area contributed by atoms with Crippen LogP contribution in [0.25, 0.3) is 11.5 Å². The maximum Gasteiger partial charge on any atom is 0.298 e. The molecule has 0 bridgehead atoms. The molecule has 3 heterocycles. The third kappa shape index (κ3) is 7.65. The summed E-state index contributed by atoms with van der Waals surface area (Å²) in [6.45, 7) is 11.1. The van der Waals surface area contributed by atoms with Gasteiger partial charge in [-0.3, -0.25) is 14.4 Å². The van der Waals surface area contributed by atoms with E-state index in [0.717, 1.165) is 5.56 Å². The number of hydrogen-bond acceptors (Lipinski definition) is 11. The molecule has 0 aliphatic carbocycles. The molecule has 12 nitrogen and oxygen atoms in total. The molecule has 1 aromatic heterocycles. The predicted octanol–water partition coefficient (Wildman–Crippen LogP) is 4.51. The third-order valence-corrected chi connectivity index (χ3v) is 5.59. The normalized spacial score (nSPS) is 16.4. The van der Waals surface area contributed by atoms with Gasteiger partial charge in [-0.25, -0.2) is 0 Å². The second-order valence-electron chi connectivity index (χ2n) is 10.4. The molecule has 0 amide bonds. The molecule has 212 valence electrons. The summed E-state index contributed by atoms with van der Waals surface area (Å²) < 4.78 is 21.2. The van der Waals surface area contributed by atoms with E-state index in [4.69, 9.17) is 24.9 Å². The van der Waals surface area contributed by atoms with Gasteiger partial charge in [0.2, 0.25) is 0 Å². The number of rotatable bonds is 3. The van der Waals surface area contributed by atoms with Gasteiger partial charge in [-0.2, -0.15) is 4.98 Å². The second-order valence-corrected chi connectivity index (χ2v) is 10.4. The fourth-order valence-electron chi connectivity index (χ4n) is 3.96. The Labute approximate surface area is 231 Å². The molecule has 0 unspecified atom stereocenters. The number of fused-ring (bicyclic) bond motifs is 2. The minimum absolute atomic E-state index is 0.00241. The third-order valence-electron chi connectivity index (χ3n) is 5.59. The Morgan fingerprint density at radius 3 is 2.00 bits per heavy atom. The molecule has 0 atom stereocenters.